The second kappa shape index (κ2) is 8.86. The molecule has 2 atom stereocenters. The maximum atomic E-state index is 12.7. The predicted molar refractivity (Wildman–Crippen MR) is 86.9 cm³/mol. The van der Waals surface area contributed by atoms with Gasteiger partial charge in [0.15, 0.2) is 6.23 Å². The van der Waals surface area contributed by atoms with Crippen molar-refractivity contribution in [3.8, 4) is 6.07 Å². The number of fused-ring (bicyclic) bond motifs is 1. The maximum Gasteiger partial charge on any atom is 1.00 e. The minimum atomic E-state index is -1.83. The summed E-state index contributed by atoms with van der Waals surface area (Å²) in [5.74, 6) is -2.88. The summed E-state index contributed by atoms with van der Waals surface area (Å²) in [6, 6.07) is 10.7. The van der Waals surface area contributed by atoms with Gasteiger partial charge in [-0.1, -0.05) is 30.3 Å². The van der Waals surface area contributed by atoms with Gasteiger partial charge in [0.05, 0.1) is 37.2 Å². The van der Waals surface area contributed by atoms with Crippen molar-refractivity contribution in [1.82, 2.24) is 10.2 Å². The van der Waals surface area contributed by atoms with Crippen molar-refractivity contribution in [2.45, 2.75) is 24.8 Å². The molecule has 2 aliphatic heterocycles. The minimum absolute atomic E-state index is 0. The number of carbonyl (C=O) groups excluding carboxylic acids is 3. The first-order valence-corrected chi connectivity index (χ1v) is 8.10. The third-order valence-electron chi connectivity index (χ3n) is 4.45. The van der Waals surface area contributed by atoms with Gasteiger partial charge in [-0.25, -0.2) is 0 Å². The number of carboxylic acids is 1. The first-order chi connectivity index (χ1) is 12.9. The number of carbonyl (C=O) groups is 3. The van der Waals surface area contributed by atoms with Crippen molar-refractivity contribution in [3.05, 3.63) is 47.2 Å². The van der Waals surface area contributed by atoms with Crippen LogP contribution in [-0.2, 0) is 30.3 Å². The molecule has 0 aliphatic carbocycles. The molecular formula is C18H16N3NaO6. The van der Waals surface area contributed by atoms with E-state index in [2.05, 4.69) is 5.32 Å². The van der Waals surface area contributed by atoms with E-state index in [1.165, 1.54) is 7.11 Å². The Bertz CT molecular complexity index is 866. The second-order valence-electron chi connectivity index (χ2n) is 6.06. The Morgan fingerprint density at radius 1 is 1.43 bits per heavy atom. The molecule has 9 nitrogen and oxygen atoms in total. The summed E-state index contributed by atoms with van der Waals surface area (Å²) in [7, 11) is 1.22. The standard InChI is InChI=1S/C18H17N3O6.Na/c1-26-18(20-13(22)9-11-5-3-2-4-6-11)16(25)21-14(15(23)24)12(7-8-19)10-27-17(18)21;/h2-6,17H,7,9-10H2,1H3,(H,20,22)(H,23,24);/q;+1/p-1/t17-,18+;/m1./s1. The van der Waals surface area contributed by atoms with E-state index in [9.17, 15) is 19.5 Å². The van der Waals surface area contributed by atoms with Gasteiger partial charge in [0, 0.05) is 7.11 Å². The number of amides is 2. The van der Waals surface area contributed by atoms with E-state index in [4.69, 9.17) is 14.7 Å². The van der Waals surface area contributed by atoms with E-state index >= 15 is 0 Å². The smallest absolute Gasteiger partial charge is 0.543 e. The summed E-state index contributed by atoms with van der Waals surface area (Å²) in [4.78, 5) is 37.4. The van der Waals surface area contributed by atoms with E-state index in [0.717, 1.165) is 10.5 Å². The normalized spacial score (nSPS) is 23.1. The Kier molecular flexibility index (Phi) is 6.98. The zero-order valence-corrected chi connectivity index (χ0v) is 17.4. The van der Waals surface area contributed by atoms with Crippen molar-refractivity contribution in [3.63, 3.8) is 0 Å². The quantitative estimate of drug-likeness (QED) is 0.295. The van der Waals surface area contributed by atoms with Crippen molar-refractivity contribution < 1.29 is 58.5 Å². The zero-order valence-electron chi connectivity index (χ0n) is 15.4. The summed E-state index contributed by atoms with van der Waals surface area (Å²) in [5.41, 5.74) is -1.38. The van der Waals surface area contributed by atoms with E-state index in [1.54, 1.807) is 24.3 Å². The Morgan fingerprint density at radius 2 is 2.11 bits per heavy atom. The van der Waals surface area contributed by atoms with Crippen molar-refractivity contribution >= 4 is 17.8 Å². The van der Waals surface area contributed by atoms with Gasteiger partial charge >= 0.3 is 29.6 Å². The number of nitriles is 1. The number of carboxylic acid groups (broad SMARTS) is 1. The van der Waals surface area contributed by atoms with Crippen molar-refractivity contribution in [2.24, 2.45) is 0 Å². The molecule has 10 heteroatoms. The molecule has 2 aliphatic rings. The Morgan fingerprint density at radius 3 is 2.68 bits per heavy atom. The van der Waals surface area contributed by atoms with Crippen LogP contribution in [0, 0.1) is 11.3 Å². The number of β-lactam (4-membered cyclic amide) rings is 1. The molecule has 1 fully saturated rings. The van der Waals surface area contributed by atoms with Gasteiger partial charge in [-0.05, 0) is 11.1 Å². The van der Waals surface area contributed by atoms with E-state index in [0.29, 0.717) is 0 Å². The number of nitrogens with one attached hydrogen (secondary N) is 1. The number of methoxy groups -OCH3 is 1. The molecule has 1 aromatic carbocycles. The fraction of sp³-hybridized carbons (Fsp3) is 0.333. The van der Waals surface area contributed by atoms with Gasteiger partial charge in [0.1, 0.15) is 0 Å². The summed E-state index contributed by atoms with van der Waals surface area (Å²) in [5, 5.41) is 22.8. The molecule has 0 saturated carbocycles. The number of nitrogens with zero attached hydrogens (tertiary/aromatic N) is 2. The number of ether oxygens (including phenoxy) is 2. The van der Waals surface area contributed by atoms with E-state index in [1.807, 2.05) is 12.1 Å². The van der Waals surface area contributed by atoms with E-state index in [-0.39, 0.29) is 54.6 Å². The molecule has 140 valence electrons. The molecule has 0 spiro atoms. The average molecular weight is 393 g/mol. The van der Waals surface area contributed by atoms with Gasteiger partial charge in [-0.3, -0.25) is 14.5 Å². The number of hydrogen-bond acceptors (Lipinski definition) is 7. The number of aliphatic carboxylic acids is 1. The van der Waals surface area contributed by atoms with Crippen LogP contribution in [0.1, 0.15) is 12.0 Å². The molecule has 2 amide bonds. The molecule has 0 bridgehead atoms. The molecule has 1 aromatic rings. The summed E-state index contributed by atoms with van der Waals surface area (Å²) in [6.45, 7) is -0.189. The fourth-order valence-corrected chi connectivity index (χ4v) is 3.20. The van der Waals surface area contributed by atoms with Crippen LogP contribution in [0.4, 0.5) is 0 Å². The summed E-state index contributed by atoms with van der Waals surface area (Å²) in [6.07, 6.45) is -1.38. The molecule has 0 aromatic heterocycles. The fourth-order valence-electron chi connectivity index (χ4n) is 3.20. The van der Waals surface area contributed by atoms with Gasteiger partial charge in [0.2, 0.25) is 5.91 Å². The number of hydrogen-bond donors (Lipinski definition) is 1. The van der Waals surface area contributed by atoms with Crippen molar-refractivity contribution in [1.29, 1.82) is 5.26 Å². The minimum Gasteiger partial charge on any atom is -0.543 e. The molecule has 28 heavy (non-hydrogen) atoms. The third kappa shape index (κ3) is 3.70. The molecule has 1 saturated heterocycles. The topological polar surface area (TPSA) is 132 Å². The van der Waals surface area contributed by atoms with Gasteiger partial charge in [-0.15, -0.1) is 0 Å². The van der Waals surface area contributed by atoms with Gasteiger partial charge < -0.3 is 24.7 Å². The molecule has 1 N–H and O–H groups in total. The van der Waals surface area contributed by atoms with Crippen LogP contribution < -0.4 is 40.0 Å². The summed E-state index contributed by atoms with van der Waals surface area (Å²) >= 11 is 0. The first kappa shape index (κ1) is 22.1. The Hall–Kier alpha value is -2.22. The van der Waals surface area contributed by atoms with Crippen LogP contribution in [0.5, 0.6) is 0 Å². The van der Waals surface area contributed by atoms with Crippen LogP contribution in [0.15, 0.2) is 41.6 Å². The molecule has 0 unspecified atom stereocenters. The molecule has 2 heterocycles. The largest absolute Gasteiger partial charge is 1.00 e. The SMILES string of the molecule is CO[C@@]1(NC(=O)Cc2ccccc2)C(=O)N2C(C(=O)[O-])=C(CC#N)CO[C@@H]21.[Na+]. The second-order valence-corrected chi connectivity index (χ2v) is 6.06. The molecular weight excluding hydrogens is 377 g/mol. The van der Waals surface area contributed by atoms with Crippen LogP contribution in [0.2, 0.25) is 0 Å². The van der Waals surface area contributed by atoms with Gasteiger partial charge in [-0.2, -0.15) is 5.26 Å². The number of benzene rings is 1. The van der Waals surface area contributed by atoms with Crippen LogP contribution in [0.3, 0.4) is 0 Å². The zero-order chi connectivity index (χ0) is 19.6. The maximum absolute atomic E-state index is 12.7. The average Bonchev–Trinajstić information content (AvgIpc) is 2.66. The summed E-state index contributed by atoms with van der Waals surface area (Å²) < 4.78 is 10.8. The van der Waals surface area contributed by atoms with Crippen LogP contribution in [0.25, 0.3) is 0 Å². The Balaban J connectivity index is 0.00000280. The predicted octanol–water partition coefficient (Wildman–Crippen LogP) is -4.19. The van der Waals surface area contributed by atoms with Crippen LogP contribution >= 0.6 is 0 Å². The van der Waals surface area contributed by atoms with Gasteiger partial charge in [0.25, 0.3) is 11.6 Å². The Labute approximate surface area is 183 Å². The third-order valence-corrected chi connectivity index (χ3v) is 4.45. The van der Waals surface area contributed by atoms with Crippen molar-refractivity contribution in [2.75, 3.05) is 13.7 Å². The number of rotatable bonds is 6. The van der Waals surface area contributed by atoms with Crippen LogP contribution in [-0.4, -0.2) is 48.4 Å². The molecule has 0 radical (unpaired) electrons. The first-order valence-electron chi connectivity index (χ1n) is 8.10. The monoisotopic (exact) mass is 393 g/mol. The molecule has 3 rings (SSSR count). The van der Waals surface area contributed by atoms with E-state index < -0.39 is 35.4 Å².